The Morgan fingerprint density at radius 1 is 0.895 bits per heavy atom. The van der Waals surface area contributed by atoms with Crippen molar-refractivity contribution in [1.29, 1.82) is 0 Å². The Kier molecular flexibility index (Phi) is 7.63. The first-order valence-corrected chi connectivity index (χ1v) is 6.36. The zero-order valence-corrected chi connectivity index (χ0v) is 12.0. The van der Waals surface area contributed by atoms with E-state index in [9.17, 15) is 9.59 Å². The summed E-state index contributed by atoms with van der Waals surface area (Å²) in [7, 11) is 0. The number of rotatable bonds is 8. The highest BCUT2D eigenvalue weighted by atomic mass is 16.6. The first-order chi connectivity index (χ1) is 8.80. The number of hydrogen-bond acceptors (Lipinski definition) is 6. The standard InChI is InChI=1S/C13H24O6/c1-9(2)5-13(6-10(3)4,11(16)18-7-14)12(17)19-8-15/h9-10,14-15H,5-8H2,1-4H3. The van der Waals surface area contributed by atoms with Gasteiger partial charge in [-0.15, -0.1) is 0 Å². The molecule has 19 heavy (non-hydrogen) atoms. The highest BCUT2D eigenvalue weighted by Crippen LogP contribution is 2.36. The zero-order valence-electron chi connectivity index (χ0n) is 12.0. The largest absolute Gasteiger partial charge is 0.438 e. The van der Waals surface area contributed by atoms with Gasteiger partial charge in [0.1, 0.15) is 0 Å². The summed E-state index contributed by atoms with van der Waals surface area (Å²) in [4.78, 5) is 24.2. The van der Waals surface area contributed by atoms with Crippen LogP contribution in [0.1, 0.15) is 40.5 Å². The lowest BCUT2D eigenvalue weighted by atomic mass is 9.74. The maximum atomic E-state index is 12.1. The highest BCUT2D eigenvalue weighted by molar-refractivity contribution is 6.00. The monoisotopic (exact) mass is 276 g/mol. The smallest absolute Gasteiger partial charge is 0.325 e. The summed E-state index contributed by atoms with van der Waals surface area (Å²) in [5.41, 5.74) is -1.48. The van der Waals surface area contributed by atoms with E-state index >= 15 is 0 Å². The Balaban J connectivity index is 5.42. The Hall–Kier alpha value is -1.14. The number of aliphatic hydroxyl groups excluding tert-OH is 2. The van der Waals surface area contributed by atoms with Crippen LogP contribution in [0.5, 0.6) is 0 Å². The van der Waals surface area contributed by atoms with Crippen molar-refractivity contribution in [2.24, 2.45) is 17.3 Å². The second-order valence-electron chi connectivity index (χ2n) is 5.40. The van der Waals surface area contributed by atoms with Crippen LogP contribution < -0.4 is 0 Å². The summed E-state index contributed by atoms with van der Waals surface area (Å²) < 4.78 is 9.22. The van der Waals surface area contributed by atoms with E-state index in [4.69, 9.17) is 10.2 Å². The summed E-state index contributed by atoms with van der Waals surface area (Å²) in [6, 6.07) is 0. The molecule has 2 N–H and O–H groups in total. The minimum Gasteiger partial charge on any atom is -0.438 e. The molecule has 0 aliphatic carbocycles. The normalized spacial score (nSPS) is 11.8. The molecular weight excluding hydrogens is 252 g/mol. The van der Waals surface area contributed by atoms with Crippen LogP contribution in [0, 0.1) is 17.3 Å². The molecule has 0 rings (SSSR count). The first kappa shape index (κ1) is 17.9. The Bertz CT molecular complexity index is 268. The van der Waals surface area contributed by atoms with Gasteiger partial charge in [-0.1, -0.05) is 27.7 Å². The Labute approximate surface area is 113 Å². The van der Waals surface area contributed by atoms with Crippen molar-refractivity contribution in [3.63, 3.8) is 0 Å². The van der Waals surface area contributed by atoms with Gasteiger partial charge in [-0.25, -0.2) is 0 Å². The maximum absolute atomic E-state index is 12.1. The number of carbonyl (C=O) groups excluding carboxylic acids is 2. The van der Waals surface area contributed by atoms with Crippen LogP contribution in [0.3, 0.4) is 0 Å². The van der Waals surface area contributed by atoms with Gasteiger partial charge in [0.25, 0.3) is 0 Å². The number of ether oxygens (including phenoxy) is 2. The van der Waals surface area contributed by atoms with E-state index in [1.165, 1.54) is 0 Å². The highest BCUT2D eigenvalue weighted by Gasteiger charge is 2.49. The van der Waals surface area contributed by atoms with Crippen LogP contribution in [-0.4, -0.2) is 35.7 Å². The van der Waals surface area contributed by atoms with Gasteiger partial charge in [0.15, 0.2) is 19.0 Å². The Morgan fingerprint density at radius 3 is 1.42 bits per heavy atom. The van der Waals surface area contributed by atoms with E-state index in [2.05, 4.69) is 9.47 Å². The molecule has 0 saturated carbocycles. The molecule has 0 heterocycles. The molecule has 0 spiro atoms. The lowest BCUT2D eigenvalue weighted by Gasteiger charge is -2.31. The van der Waals surface area contributed by atoms with Gasteiger partial charge in [-0.2, -0.15) is 0 Å². The molecule has 0 amide bonds. The average molecular weight is 276 g/mol. The molecular formula is C13H24O6. The fourth-order valence-corrected chi connectivity index (χ4v) is 2.29. The van der Waals surface area contributed by atoms with Gasteiger partial charge in [0, 0.05) is 0 Å². The van der Waals surface area contributed by atoms with Gasteiger partial charge in [-0.3, -0.25) is 9.59 Å². The zero-order chi connectivity index (χ0) is 15.1. The molecule has 0 aliphatic rings. The molecule has 6 heteroatoms. The van der Waals surface area contributed by atoms with Crippen molar-refractivity contribution in [3.8, 4) is 0 Å². The number of hydrogen-bond donors (Lipinski definition) is 2. The average Bonchev–Trinajstić information content (AvgIpc) is 2.27. The van der Waals surface area contributed by atoms with E-state index < -0.39 is 30.9 Å². The number of carbonyl (C=O) groups is 2. The lowest BCUT2D eigenvalue weighted by Crippen LogP contribution is -2.44. The third-order valence-electron chi connectivity index (χ3n) is 2.69. The van der Waals surface area contributed by atoms with Crippen LogP contribution in [0.15, 0.2) is 0 Å². The second kappa shape index (κ2) is 8.12. The molecule has 0 aromatic heterocycles. The minimum absolute atomic E-state index is 0.0521. The lowest BCUT2D eigenvalue weighted by molar-refractivity contribution is -0.184. The summed E-state index contributed by atoms with van der Waals surface area (Å²) in [5, 5.41) is 17.5. The molecule has 0 fully saturated rings. The molecule has 112 valence electrons. The van der Waals surface area contributed by atoms with Crippen molar-refractivity contribution < 1.29 is 29.3 Å². The molecule has 6 nitrogen and oxygen atoms in total. The maximum Gasteiger partial charge on any atom is 0.325 e. The van der Waals surface area contributed by atoms with Gasteiger partial charge >= 0.3 is 11.9 Å². The van der Waals surface area contributed by atoms with Crippen LogP contribution >= 0.6 is 0 Å². The van der Waals surface area contributed by atoms with E-state index in [0.29, 0.717) is 0 Å². The van der Waals surface area contributed by atoms with Crippen molar-refractivity contribution in [1.82, 2.24) is 0 Å². The van der Waals surface area contributed by atoms with Crippen LogP contribution in [-0.2, 0) is 19.1 Å². The molecule has 0 aliphatic heterocycles. The Morgan fingerprint density at radius 2 is 1.21 bits per heavy atom. The third kappa shape index (κ3) is 5.16. The predicted molar refractivity (Wildman–Crippen MR) is 67.7 cm³/mol. The minimum atomic E-state index is -1.48. The van der Waals surface area contributed by atoms with Gasteiger partial charge in [0.2, 0.25) is 0 Å². The summed E-state index contributed by atoms with van der Waals surface area (Å²) in [6.07, 6.45) is 0.478. The fourth-order valence-electron chi connectivity index (χ4n) is 2.29. The first-order valence-electron chi connectivity index (χ1n) is 6.36. The van der Waals surface area contributed by atoms with Crippen LogP contribution in [0.25, 0.3) is 0 Å². The molecule has 0 saturated heterocycles. The van der Waals surface area contributed by atoms with Gasteiger partial charge in [-0.05, 0) is 24.7 Å². The molecule has 0 aromatic carbocycles. The van der Waals surface area contributed by atoms with E-state index in [1.807, 2.05) is 27.7 Å². The van der Waals surface area contributed by atoms with Crippen molar-refractivity contribution in [2.45, 2.75) is 40.5 Å². The molecule has 0 bridgehead atoms. The van der Waals surface area contributed by atoms with E-state index in [0.717, 1.165) is 0 Å². The summed E-state index contributed by atoms with van der Waals surface area (Å²) >= 11 is 0. The van der Waals surface area contributed by atoms with E-state index in [-0.39, 0.29) is 24.7 Å². The number of esters is 2. The topological polar surface area (TPSA) is 93.1 Å². The van der Waals surface area contributed by atoms with Crippen molar-refractivity contribution >= 4 is 11.9 Å². The van der Waals surface area contributed by atoms with Gasteiger partial charge < -0.3 is 19.7 Å². The van der Waals surface area contributed by atoms with Crippen LogP contribution in [0.2, 0.25) is 0 Å². The van der Waals surface area contributed by atoms with Crippen molar-refractivity contribution in [3.05, 3.63) is 0 Å². The quantitative estimate of drug-likeness (QED) is 0.391. The van der Waals surface area contributed by atoms with E-state index in [1.54, 1.807) is 0 Å². The summed E-state index contributed by atoms with van der Waals surface area (Å²) in [6.45, 7) is 5.90. The van der Waals surface area contributed by atoms with Crippen LogP contribution in [0.4, 0.5) is 0 Å². The molecule has 0 radical (unpaired) electrons. The SMILES string of the molecule is CC(C)CC(CC(C)C)(C(=O)OCO)C(=O)OCO. The predicted octanol–water partition coefficient (Wildman–Crippen LogP) is 1.05. The van der Waals surface area contributed by atoms with Gasteiger partial charge in [0.05, 0.1) is 0 Å². The number of aliphatic hydroxyl groups is 2. The molecule has 0 aromatic rings. The summed E-state index contributed by atoms with van der Waals surface area (Å²) in [5.74, 6) is -1.51. The molecule has 0 atom stereocenters. The molecule has 0 unspecified atom stereocenters. The third-order valence-corrected chi connectivity index (χ3v) is 2.69. The van der Waals surface area contributed by atoms with Crippen molar-refractivity contribution in [2.75, 3.05) is 13.6 Å². The fraction of sp³-hybridized carbons (Fsp3) is 0.846. The second-order valence-corrected chi connectivity index (χ2v) is 5.40.